The molecule has 1 aromatic carbocycles. The molecule has 0 unspecified atom stereocenters. The smallest absolute Gasteiger partial charge is 0.407 e. The first kappa shape index (κ1) is 29.3. The number of anilines is 2. The number of amides is 1. The minimum Gasteiger partial charge on any atom is -0.444 e. The average molecular weight is 610 g/mol. The Morgan fingerprint density at radius 2 is 1.82 bits per heavy atom. The number of pyridine rings is 1. The Morgan fingerprint density at radius 3 is 2.48 bits per heavy atom. The van der Waals surface area contributed by atoms with Crippen molar-refractivity contribution in [3.63, 3.8) is 0 Å². The second-order valence-electron chi connectivity index (χ2n) is 10.6. The van der Waals surface area contributed by atoms with Gasteiger partial charge in [0.25, 0.3) is 0 Å². The molecule has 4 aromatic rings. The molecule has 40 heavy (non-hydrogen) atoms. The Hall–Kier alpha value is -3.73. The van der Waals surface area contributed by atoms with Crippen LogP contribution < -0.4 is 16.0 Å². The van der Waals surface area contributed by atoms with Crippen LogP contribution in [0.2, 0.25) is 0 Å². The van der Waals surface area contributed by atoms with Gasteiger partial charge in [-0.25, -0.2) is 4.79 Å². The SMILES string of the molecule is CC(C)(C)OC(=O)NC1CCCCC1.CNc1nc(NCc2ccc(-c3ccccn3)cc2)n2ncc(Br)c2n1. The minimum atomic E-state index is -0.390. The predicted molar refractivity (Wildman–Crippen MR) is 161 cm³/mol. The summed E-state index contributed by atoms with van der Waals surface area (Å²) >= 11 is 3.46. The molecule has 5 rings (SSSR count). The van der Waals surface area contributed by atoms with Crippen molar-refractivity contribution in [2.24, 2.45) is 0 Å². The van der Waals surface area contributed by atoms with E-state index in [0.29, 0.717) is 30.1 Å². The van der Waals surface area contributed by atoms with E-state index in [1.807, 2.05) is 39.0 Å². The van der Waals surface area contributed by atoms with Crippen molar-refractivity contribution < 1.29 is 9.53 Å². The van der Waals surface area contributed by atoms with Gasteiger partial charge in [-0.05, 0) is 67.2 Å². The van der Waals surface area contributed by atoms with Crippen LogP contribution in [0.15, 0.2) is 59.3 Å². The quantitative estimate of drug-likeness (QED) is 0.228. The summed E-state index contributed by atoms with van der Waals surface area (Å²) in [6, 6.07) is 14.5. The summed E-state index contributed by atoms with van der Waals surface area (Å²) in [5.41, 5.74) is 3.50. The van der Waals surface area contributed by atoms with Gasteiger partial charge in [-0.1, -0.05) is 49.6 Å². The molecule has 0 bridgehead atoms. The van der Waals surface area contributed by atoms with Gasteiger partial charge < -0.3 is 20.7 Å². The van der Waals surface area contributed by atoms with Crippen LogP contribution in [0.3, 0.4) is 0 Å². The highest BCUT2D eigenvalue weighted by atomic mass is 79.9. The third-order valence-corrected chi connectivity index (χ3v) is 6.80. The van der Waals surface area contributed by atoms with Crippen LogP contribution in [-0.4, -0.2) is 49.3 Å². The number of rotatable bonds is 6. The lowest BCUT2D eigenvalue weighted by molar-refractivity contribution is 0.0493. The third kappa shape index (κ3) is 8.38. The molecular weight excluding hydrogens is 572 g/mol. The van der Waals surface area contributed by atoms with Crippen LogP contribution in [0.4, 0.5) is 16.7 Å². The lowest BCUT2D eigenvalue weighted by Gasteiger charge is -2.25. The van der Waals surface area contributed by atoms with E-state index in [1.54, 1.807) is 24.0 Å². The summed E-state index contributed by atoms with van der Waals surface area (Å²) in [5.74, 6) is 1.16. The lowest BCUT2D eigenvalue weighted by atomic mass is 9.96. The highest BCUT2D eigenvalue weighted by molar-refractivity contribution is 9.10. The number of ether oxygens (including phenoxy) is 1. The number of carbonyl (C=O) groups excluding carboxylic acids is 1. The molecule has 1 amide bonds. The van der Waals surface area contributed by atoms with E-state index >= 15 is 0 Å². The predicted octanol–water partition coefficient (Wildman–Crippen LogP) is 6.45. The standard InChI is InChI=1S/C18H16BrN7.C11H21NO2/c1-20-17-24-16-14(19)11-23-26(16)18(25-17)22-10-12-5-7-13(8-6-12)15-4-2-3-9-21-15;1-11(2,3)14-10(13)12-9-7-5-4-6-8-9/h2-9,11H,10H2,1H3,(H2,20,22,24,25);9H,4-8H2,1-3H3,(H,12,13). The normalized spacial score (nSPS) is 13.7. The fourth-order valence-corrected chi connectivity index (χ4v) is 4.65. The van der Waals surface area contributed by atoms with E-state index in [9.17, 15) is 4.79 Å². The zero-order valence-corrected chi connectivity index (χ0v) is 25.0. The first-order valence-electron chi connectivity index (χ1n) is 13.5. The van der Waals surface area contributed by atoms with Gasteiger partial charge in [0, 0.05) is 31.4 Å². The van der Waals surface area contributed by atoms with E-state index in [4.69, 9.17) is 4.74 Å². The second kappa shape index (κ2) is 13.6. The molecule has 1 fully saturated rings. The lowest BCUT2D eigenvalue weighted by Crippen LogP contribution is -2.39. The number of hydrogen-bond donors (Lipinski definition) is 3. The van der Waals surface area contributed by atoms with Gasteiger partial charge in [0.2, 0.25) is 11.9 Å². The van der Waals surface area contributed by atoms with Crippen molar-refractivity contribution >= 4 is 39.6 Å². The zero-order chi connectivity index (χ0) is 28.5. The number of halogens is 1. The van der Waals surface area contributed by atoms with Crippen molar-refractivity contribution in [1.82, 2.24) is 29.9 Å². The number of alkyl carbamates (subject to hydrolysis) is 1. The van der Waals surface area contributed by atoms with Crippen LogP contribution in [0.1, 0.15) is 58.4 Å². The van der Waals surface area contributed by atoms with Crippen molar-refractivity contribution in [2.45, 2.75) is 71.1 Å². The number of aromatic nitrogens is 5. The molecule has 0 aliphatic heterocycles. The fraction of sp³-hybridized carbons (Fsp3) is 0.414. The van der Waals surface area contributed by atoms with Crippen molar-refractivity contribution in [3.05, 3.63) is 64.9 Å². The van der Waals surface area contributed by atoms with E-state index in [1.165, 1.54) is 19.3 Å². The highest BCUT2D eigenvalue weighted by Crippen LogP contribution is 2.21. The van der Waals surface area contributed by atoms with Gasteiger partial charge >= 0.3 is 6.09 Å². The number of hydrogen-bond acceptors (Lipinski definition) is 8. The Morgan fingerprint density at radius 1 is 1.07 bits per heavy atom. The summed E-state index contributed by atoms with van der Waals surface area (Å²) in [6.07, 6.45) is 9.17. The van der Waals surface area contributed by atoms with Gasteiger partial charge in [0.15, 0.2) is 5.65 Å². The summed E-state index contributed by atoms with van der Waals surface area (Å²) < 4.78 is 7.68. The van der Waals surface area contributed by atoms with E-state index in [-0.39, 0.29) is 6.09 Å². The number of nitrogens with zero attached hydrogens (tertiary/aromatic N) is 5. The van der Waals surface area contributed by atoms with Crippen LogP contribution in [0, 0.1) is 0 Å². The Labute approximate surface area is 243 Å². The molecule has 0 atom stereocenters. The molecule has 0 saturated heterocycles. The minimum absolute atomic E-state index is 0.274. The average Bonchev–Trinajstić information content (AvgIpc) is 3.33. The molecule has 0 spiro atoms. The molecule has 1 aliphatic carbocycles. The Bertz CT molecular complexity index is 1380. The third-order valence-electron chi connectivity index (χ3n) is 6.24. The summed E-state index contributed by atoms with van der Waals surface area (Å²) in [5, 5.41) is 13.5. The van der Waals surface area contributed by atoms with Gasteiger partial charge in [-0.3, -0.25) is 4.98 Å². The largest absolute Gasteiger partial charge is 0.444 e. The van der Waals surface area contributed by atoms with Crippen molar-refractivity contribution in [1.29, 1.82) is 0 Å². The first-order valence-corrected chi connectivity index (χ1v) is 14.3. The maximum absolute atomic E-state index is 11.4. The topological polar surface area (TPSA) is 118 Å². The van der Waals surface area contributed by atoms with Crippen LogP contribution in [0.25, 0.3) is 16.9 Å². The number of fused-ring (bicyclic) bond motifs is 1. The molecule has 1 aliphatic rings. The van der Waals surface area contributed by atoms with Gasteiger partial charge in [-0.15, -0.1) is 0 Å². The molecule has 3 N–H and O–H groups in total. The Balaban J connectivity index is 0.000000224. The van der Waals surface area contributed by atoms with Crippen molar-refractivity contribution in [2.75, 3.05) is 17.7 Å². The maximum Gasteiger partial charge on any atom is 0.407 e. The molecule has 0 radical (unpaired) electrons. The van der Waals surface area contributed by atoms with Gasteiger partial charge in [0.1, 0.15) is 5.60 Å². The fourth-order valence-electron chi connectivity index (χ4n) is 4.31. The molecule has 1 saturated carbocycles. The molecule has 212 valence electrons. The summed E-state index contributed by atoms with van der Waals surface area (Å²) in [7, 11) is 1.79. The zero-order valence-electron chi connectivity index (χ0n) is 23.4. The van der Waals surface area contributed by atoms with Gasteiger partial charge in [-0.2, -0.15) is 19.6 Å². The second-order valence-corrected chi connectivity index (χ2v) is 11.4. The van der Waals surface area contributed by atoms with E-state index in [2.05, 4.69) is 76.2 Å². The molecule has 3 heterocycles. The van der Waals surface area contributed by atoms with Crippen LogP contribution >= 0.6 is 15.9 Å². The monoisotopic (exact) mass is 608 g/mol. The van der Waals surface area contributed by atoms with E-state index < -0.39 is 5.60 Å². The number of benzene rings is 1. The van der Waals surface area contributed by atoms with Gasteiger partial charge in [0.05, 0.1) is 16.4 Å². The first-order chi connectivity index (χ1) is 19.2. The molecule has 10 nitrogen and oxygen atoms in total. The number of nitrogens with one attached hydrogen (secondary N) is 3. The summed E-state index contributed by atoms with van der Waals surface area (Å²) in [6.45, 7) is 6.27. The molecule has 3 aromatic heterocycles. The number of carbonyl (C=O) groups is 1. The highest BCUT2D eigenvalue weighted by Gasteiger charge is 2.20. The Kier molecular flexibility index (Phi) is 9.92. The summed E-state index contributed by atoms with van der Waals surface area (Å²) in [4.78, 5) is 24.6. The van der Waals surface area contributed by atoms with Crippen LogP contribution in [-0.2, 0) is 11.3 Å². The van der Waals surface area contributed by atoms with Crippen molar-refractivity contribution in [3.8, 4) is 11.3 Å². The maximum atomic E-state index is 11.4. The van der Waals surface area contributed by atoms with E-state index in [0.717, 1.165) is 34.1 Å². The molecule has 11 heteroatoms. The van der Waals surface area contributed by atoms with Crippen LogP contribution in [0.5, 0.6) is 0 Å². The molecular formula is C29H37BrN8O2.